The molecule has 2 aromatic carbocycles. The molecule has 0 bridgehead atoms. The summed E-state index contributed by atoms with van der Waals surface area (Å²) in [6.07, 6.45) is 0.851. The highest BCUT2D eigenvalue weighted by Gasteiger charge is 2.11. The fourth-order valence-corrected chi connectivity index (χ4v) is 2.14. The summed E-state index contributed by atoms with van der Waals surface area (Å²) < 4.78 is 13.1. The number of nitrogens with one attached hydrogen (secondary N) is 1. The largest absolute Gasteiger partial charge is 0.323 e. The number of anilines is 1. The Kier molecular flexibility index (Phi) is 4.93. The zero-order valence-electron chi connectivity index (χ0n) is 12.3. The number of hydrogen-bond acceptors (Lipinski definition) is 1. The molecule has 0 aliphatic heterocycles. The van der Waals surface area contributed by atoms with Crippen molar-refractivity contribution in [3.05, 3.63) is 65.5 Å². The van der Waals surface area contributed by atoms with E-state index in [1.807, 2.05) is 31.2 Å². The van der Waals surface area contributed by atoms with Gasteiger partial charge in [-0.2, -0.15) is 0 Å². The van der Waals surface area contributed by atoms with Crippen LogP contribution in [0.3, 0.4) is 0 Å². The van der Waals surface area contributed by atoms with E-state index >= 15 is 0 Å². The van der Waals surface area contributed by atoms with E-state index in [4.69, 9.17) is 0 Å². The van der Waals surface area contributed by atoms with Gasteiger partial charge in [0.2, 0.25) is 0 Å². The van der Waals surface area contributed by atoms with Crippen molar-refractivity contribution >= 4 is 11.7 Å². The molecule has 2 rings (SSSR count). The third-order valence-corrected chi connectivity index (χ3v) is 3.30. The molecule has 0 heterocycles. The van der Waals surface area contributed by atoms with Crippen LogP contribution in [0.5, 0.6) is 0 Å². The minimum atomic E-state index is -0.294. The molecular formula is C17H19FN2O. The van der Waals surface area contributed by atoms with Crippen molar-refractivity contribution in [1.29, 1.82) is 0 Å². The van der Waals surface area contributed by atoms with Gasteiger partial charge < -0.3 is 10.2 Å². The predicted molar refractivity (Wildman–Crippen MR) is 82.7 cm³/mol. The molecule has 1 N–H and O–H groups in total. The van der Waals surface area contributed by atoms with Crippen LogP contribution in [0.2, 0.25) is 0 Å². The highest BCUT2D eigenvalue weighted by molar-refractivity contribution is 5.89. The van der Waals surface area contributed by atoms with Crippen LogP contribution >= 0.6 is 0 Å². The Morgan fingerprint density at radius 2 is 1.95 bits per heavy atom. The number of carbonyl (C=O) groups is 1. The van der Waals surface area contributed by atoms with Crippen LogP contribution in [0.1, 0.15) is 18.1 Å². The van der Waals surface area contributed by atoms with Crippen molar-refractivity contribution in [3.63, 3.8) is 0 Å². The Hall–Kier alpha value is -2.36. The van der Waals surface area contributed by atoms with Gasteiger partial charge in [-0.25, -0.2) is 9.18 Å². The van der Waals surface area contributed by atoms with Crippen LogP contribution in [0.15, 0.2) is 48.5 Å². The van der Waals surface area contributed by atoms with Gasteiger partial charge >= 0.3 is 6.03 Å². The summed E-state index contributed by atoms with van der Waals surface area (Å²) in [5.74, 6) is -0.294. The molecule has 0 aromatic heterocycles. The fraction of sp³-hybridized carbons (Fsp3) is 0.235. The van der Waals surface area contributed by atoms with Gasteiger partial charge in [0.05, 0.1) is 0 Å². The molecule has 2 aromatic rings. The molecule has 0 fully saturated rings. The predicted octanol–water partition coefficient (Wildman–Crippen LogP) is 4.05. The lowest BCUT2D eigenvalue weighted by Gasteiger charge is -2.19. The summed E-state index contributed by atoms with van der Waals surface area (Å²) in [5.41, 5.74) is 2.66. The molecule has 0 unspecified atom stereocenters. The molecule has 0 saturated heterocycles. The zero-order valence-corrected chi connectivity index (χ0v) is 12.3. The number of amides is 2. The van der Waals surface area contributed by atoms with Crippen LogP contribution in [-0.4, -0.2) is 18.0 Å². The first-order valence-electron chi connectivity index (χ1n) is 6.94. The lowest BCUT2D eigenvalue weighted by Crippen LogP contribution is -2.31. The molecule has 0 aliphatic rings. The Labute approximate surface area is 124 Å². The Balaban J connectivity index is 2.02. The second-order valence-corrected chi connectivity index (χ2v) is 4.93. The second-order valence-electron chi connectivity index (χ2n) is 4.93. The van der Waals surface area contributed by atoms with E-state index in [-0.39, 0.29) is 11.8 Å². The third kappa shape index (κ3) is 4.05. The number of rotatable bonds is 4. The standard InChI is InChI=1S/C17H19FN2O/c1-3-14-8-4-5-10-16(14)19-17(21)20(2)12-13-7-6-9-15(18)11-13/h4-11H,3,12H2,1-2H3,(H,19,21). The van der Waals surface area contributed by atoms with E-state index in [0.717, 1.165) is 23.2 Å². The van der Waals surface area contributed by atoms with Crippen molar-refractivity contribution in [2.45, 2.75) is 19.9 Å². The number of benzene rings is 2. The summed E-state index contributed by atoms with van der Waals surface area (Å²) in [7, 11) is 1.69. The van der Waals surface area contributed by atoms with Gasteiger partial charge in [0.15, 0.2) is 0 Å². The third-order valence-electron chi connectivity index (χ3n) is 3.30. The van der Waals surface area contributed by atoms with E-state index in [1.54, 1.807) is 19.2 Å². The Morgan fingerprint density at radius 1 is 1.19 bits per heavy atom. The van der Waals surface area contributed by atoms with E-state index < -0.39 is 0 Å². The van der Waals surface area contributed by atoms with Gasteiger partial charge in [0, 0.05) is 19.3 Å². The van der Waals surface area contributed by atoms with Crippen molar-refractivity contribution < 1.29 is 9.18 Å². The lowest BCUT2D eigenvalue weighted by atomic mass is 10.1. The number of carbonyl (C=O) groups excluding carboxylic acids is 1. The number of hydrogen-bond donors (Lipinski definition) is 1. The molecule has 110 valence electrons. The smallest absolute Gasteiger partial charge is 0.321 e. The molecule has 0 atom stereocenters. The van der Waals surface area contributed by atoms with Crippen molar-refractivity contribution in [1.82, 2.24) is 4.90 Å². The Morgan fingerprint density at radius 3 is 2.67 bits per heavy atom. The van der Waals surface area contributed by atoms with Crippen molar-refractivity contribution in [2.75, 3.05) is 12.4 Å². The van der Waals surface area contributed by atoms with Crippen LogP contribution in [0.25, 0.3) is 0 Å². The molecule has 2 amide bonds. The number of para-hydroxylation sites is 1. The molecule has 0 radical (unpaired) electrons. The minimum absolute atomic E-state index is 0.208. The SMILES string of the molecule is CCc1ccccc1NC(=O)N(C)Cc1cccc(F)c1. The number of halogens is 1. The lowest BCUT2D eigenvalue weighted by molar-refractivity contribution is 0.220. The zero-order chi connectivity index (χ0) is 15.2. The summed E-state index contributed by atoms with van der Waals surface area (Å²) >= 11 is 0. The summed E-state index contributed by atoms with van der Waals surface area (Å²) in [6, 6.07) is 13.8. The van der Waals surface area contributed by atoms with E-state index in [0.29, 0.717) is 6.54 Å². The maximum absolute atomic E-state index is 13.1. The molecule has 4 heteroatoms. The Bertz CT molecular complexity index is 628. The maximum Gasteiger partial charge on any atom is 0.321 e. The van der Waals surface area contributed by atoms with Gasteiger partial charge in [-0.05, 0) is 35.7 Å². The number of nitrogens with zero attached hydrogens (tertiary/aromatic N) is 1. The van der Waals surface area contributed by atoms with E-state index in [2.05, 4.69) is 5.32 Å². The molecular weight excluding hydrogens is 267 g/mol. The second kappa shape index (κ2) is 6.88. The van der Waals surface area contributed by atoms with Gasteiger partial charge in [0.25, 0.3) is 0 Å². The topological polar surface area (TPSA) is 32.3 Å². The van der Waals surface area contributed by atoms with Crippen molar-refractivity contribution in [3.8, 4) is 0 Å². The first-order chi connectivity index (χ1) is 10.1. The quantitative estimate of drug-likeness (QED) is 0.903. The van der Waals surface area contributed by atoms with Gasteiger partial charge in [-0.15, -0.1) is 0 Å². The summed E-state index contributed by atoms with van der Waals surface area (Å²) in [4.78, 5) is 13.7. The van der Waals surface area contributed by atoms with Crippen molar-refractivity contribution in [2.24, 2.45) is 0 Å². The van der Waals surface area contributed by atoms with Gasteiger partial charge in [0.1, 0.15) is 5.82 Å². The minimum Gasteiger partial charge on any atom is -0.323 e. The maximum atomic E-state index is 13.1. The molecule has 0 saturated carbocycles. The normalized spacial score (nSPS) is 10.2. The van der Waals surface area contributed by atoms with Crippen LogP contribution in [-0.2, 0) is 13.0 Å². The average Bonchev–Trinajstić information content (AvgIpc) is 2.47. The summed E-state index contributed by atoms with van der Waals surface area (Å²) in [5, 5.41) is 2.89. The molecule has 3 nitrogen and oxygen atoms in total. The molecule has 0 aliphatic carbocycles. The van der Waals surface area contributed by atoms with Gasteiger partial charge in [-0.3, -0.25) is 0 Å². The average molecular weight is 286 g/mol. The number of aryl methyl sites for hydroxylation is 1. The molecule has 0 spiro atoms. The van der Waals surface area contributed by atoms with Gasteiger partial charge in [-0.1, -0.05) is 37.3 Å². The number of urea groups is 1. The van der Waals surface area contributed by atoms with Crippen LogP contribution in [0, 0.1) is 5.82 Å². The van der Waals surface area contributed by atoms with E-state index in [9.17, 15) is 9.18 Å². The van der Waals surface area contributed by atoms with Crippen LogP contribution in [0.4, 0.5) is 14.9 Å². The van der Waals surface area contributed by atoms with E-state index in [1.165, 1.54) is 17.0 Å². The first kappa shape index (κ1) is 15.0. The fourth-order valence-electron chi connectivity index (χ4n) is 2.14. The summed E-state index contributed by atoms with van der Waals surface area (Å²) in [6.45, 7) is 2.40. The highest BCUT2D eigenvalue weighted by Crippen LogP contribution is 2.16. The highest BCUT2D eigenvalue weighted by atomic mass is 19.1. The monoisotopic (exact) mass is 286 g/mol. The van der Waals surface area contributed by atoms with Crippen LogP contribution < -0.4 is 5.32 Å². The first-order valence-corrected chi connectivity index (χ1v) is 6.94. The molecule has 21 heavy (non-hydrogen) atoms.